The number of anilines is 2. The van der Waals surface area contributed by atoms with E-state index in [0.717, 1.165) is 62.1 Å². The van der Waals surface area contributed by atoms with Gasteiger partial charge in [-0.05, 0) is 25.3 Å². The van der Waals surface area contributed by atoms with Gasteiger partial charge in [-0.3, -0.25) is 9.48 Å². The van der Waals surface area contributed by atoms with Crippen molar-refractivity contribution in [2.75, 3.05) is 23.8 Å². The number of nitrogens with zero attached hydrogens (tertiary/aromatic N) is 5. The highest BCUT2D eigenvalue weighted by atomic mass is 16.1. The molecule has 0 aromatic carbocycles. The molecular formula is C17H23N7O. The van der Waals surface area contributed by atoms with Crippen molar-refractivity contribution in [2.45, 2.75) is 45.8 Å². The van der Waals surface area contributed by atoms with E-state index in [-0.39, 0.29) is 5.91 Å². The van der Waals surface area contributed by atoms with Crippen LogP contribution in [0.25, 0.3) is 0 Å². The Balaban J connectivity index is 1.55. The molecule has 0 saturated heterocycles. The largest absolute Gasteiger partial charge is 0.373 e. The van der Waals surface area contributed by atoms with E-state index in [1.165, 1.54) is 18.2 Å². The van der Waals surface area contributed by atoms with Gasteiger partial charge in [0.1, 0.15) is 5.82 Å². The van der Waals surface area contributed by atoms with Crippen LogP contribution in [0.4, 0.5) is 11.8 Å². The van der Waals surface area contributed by atoms with Crippen molar-refractivity contribution in [1.29, 1.82) is 0 Å². The predicted octanol–water partition coefficient (Wildman–Crippen LogP) is 0.860. The lowest BCUT2D eigenvalue weighted by molar-refractivity contribution is -0.119. The van der Waals surface area contributed by atoms with E-state index in [2.05, 4.69) is 26.7 Å². The Hall–Kier alpha value is -2.64. The Labute approximate surface area is 146 Å². The first-order chi connectivity index (χ1) is 12.1. The van der Waals surface area contributed by atoms with E-state index in [0.29, 0.717) is 6.54 Å². The van der Waals surface area contributed by atoms with Gasteiger partial charge in [-0.1, -0.05) is 0 Å². The van der Waals surface area contributed by atoms with Gasteiger partial charge in [0.15, 0.2) is 0 Å². The third-order valence-corrected chi connectivity index (χ3v) is 4.81. The number of hydrogen-bond donors (Lipinski definition) is 2. The van der Waals surface area contributed by atoms with Crippen molar-refractivity contribution >= 4 is 17.7 Å². The van der Waals surface area contributed by atoms with Crippen LogP contribution in [0.2, 0.25) is 0 Å². The lowest BCUT2D eigenvalue weighted by atomic mass is 10.2. The topological polar surface area (TPSA) is 88.0 Å². The molecule has 0 fully saturated rings. The summed E-state index contributed by atoms with van der Waals surface area (Å²) in [5, 5.41) is 10.6. The third kappa shape index (κ3) is 3.04. The minimum absolute atomic E-state index is 0.0428. The van der Waals surface area contributed by atoms with Crippen LogP contribution < -0.4 is 15.5 Å². The summed E-state index contributed by atoms with van der Waals surface area (Å²) in [6.07, 6.45) is 3.25. The molecule has 1 amide bonds. The quantitative estimate of drug-likeness (QED) is 0.858. The van der Waals surface area contributed by atoms with Gasteiger partial charge in [-0.2, -0.15) is 10.1 Å². The molecule has 1 aliphatic carbocycles. The maximum atomic E-state index is 11.1. The number of nitrogens with one attached hydrogen (secondary N) is 2. The molecule has 0 bridgehead atoms. The zero-order chi connectivity index (χ0) is 17.4. The summed E-state index contributed by atoms with van der Waals surface area (Å²) < 4.78 is 2.01. The van der Waals surface area contributed by atoms with E-state index < -0.39 is 0 Å². The molecule has 0 atom stereocenters. The zero-order valence-electron chi connectivity index (χ0n) is 14.7. The molecule has 0 saturated carbocycles. The first kappa shape index (κ1) is 15.9. The SMILES string of the molecule is CNc1nc(N2CCn3nc(CNC(C)=O)cc3C2)nc2c1CCC2. The molecule has 2 N–H and O–H groups in total. The summed E-state index contributed by atoms with van der Waals surface area (Å²) in [5.41, 5.74) is 4.46. The maximum Gasteiger partial charge on any atom is 0.227 e. The van der Waals surface area contributed by atoms with Crippen molar-refractivity contribution < 1.29 is 4.79 Å². The van der Waals surface area contributed by atoms with Crippen molar-refractivity contribution in [3.63, 3.8) is 0 Å². The number of hydrogen-bond acceptors (Lipinski definition) is 6. The highest BCUT2D eigenvalue weighted by Gasteiger charge is 2.24. The summed E-state index contributed by atoms with van der Waals surface area (Å²) in [4.78, 5) is 22.8. The Bertz CT molecular complexity index is 814. The molecular weight excluding hydrogens is 318 g/mol. The zero-order valence-corrected chi connectivity index (χ0v) is 14.7. The molecule has 8 heteroatoms. The first-order valence-corrected chi connectivity index (χ1v) is 8.76. The van der Waals surface area contributed by atoms with Crippen molar-refractivity contribution in [1.82, 2.24) is 25.1 Å². The summed E-state index contributed by atoms with van der Waals surface area (Å²) in [6, 6.07) is 2.05. The molecule has 8 nitrogen and oxygen atoms in total. The Kier molecular flexibility index (Phi) is 4.03. The third-order valence-electron chi connectivity index (χ3n) is 4.81. The fourth-order valence-electron chi connectivity index (χ4n) is 3.57. The molecule has 0 radical (unpaired) electrons. The Morgan fingerprint density at radius 3 is 2.96 bits per heavy atom. The molecule has 0 unspecified atom stereocenters. The van der Waals surface area contributed by atoms with Crippen LogP contribution in [-0.4, -0.2) is 39.2 Å². The van der Waals surface area contributed by atoms with Crippen LogP contribution in [0, 0.1) is 0 Å². The first-order valence-electron chi connectivity index (χ1n) is 8.76. The average molecular weight is 341 g/mol. The van der Waals surface area contributed by atoms with E-state index in [1.807, 2.05) is 11.7 Å². The highest BCUT2D eigenvalue weighted by molar-refractivity contribution is 5.72. The normalized spacial score (nSPS) is 15.7. The van der Waals surface area contributed by atoms with Crippen LogP contribution in [0.1, 0.15) is 36.0 Å². The Morgan fingerprint density at radius 1 is 1.28 bits per heavy atom. The fourth-order valence-corrected chi connectivity index (χ4v) is 3.57. The van der Waals surface area contributed by atoms with E-state index >= 15 is 0 Å². The van der Waals surface area contributed by atoms with Crippen LogP contribution in [-0.2, 0) is 37.3 Å². The van der Waals surface area contributed by atoms with Gasteiger partial charge in [-0.15, -0.1) is 0 Å². The van der Waals surface area contributed by atoms with Crippen LogP contribution in [0.5, 0.6) is 0 Å². The molecule has 3 heterocycles. The molecule has 2 aromatic rings. The van der Waals surface area contributed by atoms with Gasteiger partial charge in [0, 0.05) is 26.1 Å². The number of rotatable bonds is 4. The standard InChI is InChI=1S/C17H23N7O/c1-11(25)19-9-12-8-13-10-23(6-7-24(13)22-12)17-20-15-5-3-4-14(15)16(18-2)21-17/h8H,3-7,9-10H2,1-2H3,(H,19,25)(H,18,20,21). The second-order valence-electron chi connectivity index (χ2n) is 6.58. The Morgan fingerprint density at radius 2 is 2.16 bits per heavy atom. The van der Waals surface area contributed by atoms with Crippen molar-refractivity contribution in [2.24, 2.45) is 0 Å². The molecule has 2 aliphatic rings. The van der Waals surface area contributed by atoms with Crippen LogP contribution in [0.15, 0.2) is 6.07 Å². The lowest BCUT2D eigenvalue weighted by Gasteiger charge is -2.28. The monoisotopic (exact) mass is 341 g/mol. The van der Waals surface area contributed by atoms with Gasteiger partial charge in [0.05, 0.1) is 36.7 Å². The van der Waals surface area contributed by atoms with Gasteiger partial charge < -0.3 is 15.5 Å². The minimum Gasteiger partial charge on any atom is -0.373 e. The van der Waals surface area contributed by atoms with E-state index in [1.54, 1.807) is 0 Å². The summed E-state index contributed by atoms with van der Waals surface area (Å²) in [7, 11) is 1.92. The number of aromatic nitrogens is 4. The lowest BCUT2D eigenvalue weighted by Crippen LogP contribution is -2.35. The number of amides is 1. The second kappa shape index (κ2) is 6.34. The van der Waals surface area contributed by atoms with Crippen LogP contribution >= 0.6 is 0 Å². The summed E-state index contributed by atoms with van der Waals surface area (Å²) in [6.45, 7) is 4.34. The minimum atomic E-state index is -0.0428. The fraction of sp³-hybridized carbons (Fsp3) is 0.529. The molecule has 132 valence electrons. The van der Waals surface area contributed by atoms with Gasteiger partial charge >= 0.3 is 0 Å². The van der Waals surface area contributed by atoms with Crippen molar-refractivity contribution in [3.8, 4) is 0 Å². The second-order valence-corrected chi connectivity index (χ2v) is 6.58. The molecule has 4 rings (SSSR count). The molecule has 1 aliphatic heterocycles. The molecule has 2 aromatic heterocycles. The summed E-state index contributed by atoms with van der Waals surface area (Å²) >= 11 is 0. The van der Waals surface area contributed by atoms with E-state index in [9.17, 15) is 4.79 Å². The average Bonchev–Trinajstić information content (AvgIpc) is 3.24. The molecule has 0 spiro atoms. The van der Waals surface area contributed by atoms with E-state index in [4.69, 9.17) is 9.97 Å². The number of carbonyl (C=O) groups excluding carboxylic acids is 1. The van der Waals surface area contributed by atoms with Crippen LogP contribution in [0.3, 0.4) is 0 Å². The van der Waals surface area contributed by atoms with Crippen molar-refractivity contribution in [3.05, 3.63) is 28.7 Å². The number of aryl methyl sites for hydroxylation is 1. The van der Waals surface area contributed by atoms with Gasteiger partial charge in [-0.25, -0.2) is 4.98 Å². The summed E-state index contributed by atoms with van der Waals surface area (Å²) in [5.74, 6) is 1.71. The van der Waals surface area contributed by atoms with Gasteiger partial charge in [0.25, 0.3) is 0 Å². The predicted molar refractivity (Wildman–Crippen MR) is 94.4 cm³/mol. The highest BCUT2D eigenvalue weighted by Crippen LogP contribution is 2.29. The number of fused-ring (bicyclic) bond motifs is 2. The maximum absolute atomic E-state index is 11.1. The van der Waals surface area contributed by atoms with Gasteiger partial charge in [0.2, 0.25) is 11.9 Å². The number of carbonyl (C=O) groups is 1. The smallest absolute Gasteiger partial charge is 0.227 e. The molecule has 25 heavy (non-hydrogen) atoms.